The minimum absolute atomic E-state index is 0.0460. The molecule has 0 aromatic heterocycles. The lowest BCUT2D eigenvalue weighted by Crippen LogP contribution is -2.67. The van der Waals surface area contributed by atoms with Crippen LogP contribution in [0.5, 0.6) is 0 Å². The summed E-state index contributed by atoms with van der Waals surface area (Å²) >= 11 is 0. The van der Waals surface area contributed by atoms with Crippen LogP contribution in [0.1, 0.15) is 110 Å². The van der Waals surface area contributed by atoms with Crippen LogP contribution in [0, 0.1) is 0 Å². The number of rotatable bonds is 26. The quantitative estimate of drug-likeness (QED) is 0.0374. The fourth-order valence-electron chi connectivity index (χ4n) is 6.59. The second kappa shape index (κ2) is 25.1. The molecule has 0 aromatic carbocycles. The Hall–Kier alpha value is -1.09. The number of aliphatic hydroxyl groups excluding tert-OH is 7. The van der Waals surface area contributed by atoms with E-state index in [2.05, 4.69) is 12.2 Å². The third-order valence-corrected chi connectivity index (χ3v) is 9.94. The predicted molar refractivity (Wildman–Crippen MR) is 189 cm³/mol. The number of aliphatic hydroxyl groups is 7. The van der Waals surface area contributed by atoms with Gasteiger partial charge in [-0.25, -0.2) is 0 Å². The van der Waals surface area contributed by atoms with Gasteiger partial charge in [-0.15, -0.1) is 0 Å². The monoisotopic (exact) mass is 738 g/mol. The molecular formula is C35H70N4O12. The Labute approximate surface area is 303 Å². The Kier molecular flexibility index (Phi) is 22.7. The van der Waals surface area contributed by atoms with Gasteiger partial charge in [0.2, 0.25) is 5.91 Å². The molecule has 14 N–H and O–H groups in total. The summed E-state index contributed by atoms with van der Waals surface area (Å²) in [6.45, 7) is 2.14. The highest BCUT2D eigenvalue weighted by molar-refractivity contribution is 5.75. The van der Waals surface area contributed by atoms with E-state index in [1.54, 1.807) is 0 Å². The maximum Gasteiger partial charge on any atom is 0.220 e. The van der Waals surface area contributed by atoms with Crippen LogP contribution >= 0.6 is 0 Å². The maximum atomic E-state index is 12.6. The zero-order valence-corrected chi connectivity index (χ0v) is 30.7. The van der Waals surface area contributed by atoms with Crippen LogP contribution in [-0.4, -0.2) is 147 Å². The molecule has 1 heterocycles. The highest BCUT2D eigenvalue weighted by Crippen LogP contribution is 2.30. The van der Waals surface area contributed by atoms with Gasteiger partial charge in [-0.2, -0.15) is 0 Å². The fourth-order valence-corrected chi connectivity index (χ4v) is 6.59. The van der Waals surface area contributed by atoms with Gasteiger partial charge in [0, 0.05) is 25.0 Å². The fraction of sp³-hybridized carbons (Fsp3) is 0.971. The van der Waals surface area contributed by atoms with E-state index < -0.39 is 98.9 Å². The topological polar surface area (TPSA) is 286 Å². The number of carbonyl (C=O) groups is 1. The maximum absolute atomic E-state index is 12.6. The van der Waals surface area contributed by atoms with Crippen LogP contribution in [-0.2, 0) is 23.7 Å². The van der Waals surface area contributed by atoms with Gasteiger partial charge in [-0.3, -0.25) is 4.79 Å². The molecule has 2 fully saturated rings. The van der Waals surface area contributed by atoms with Crippen molar-refractivity contribution >= 4 is 5.91 Å². The summed E-state index contributed by atoms with van der Waals surface area (Å²) in [5.74, 6) is -0.214. The average molecular weight is 739 g/mol. The highest BCUT2D eigenvalue weighted by Gasteiger charge is 2.49. The van der Waals surface area contributed by atoms with Crippen molar-refractivity contribution in [1.29, 1.82) is 0 Å². The number of unbranched alkanes of at least 4 members (excludes halogenated alkanes) is 12. The number of hydrogen-bond donors (Lipinski definition) is 11. The minimum atomic E-state index is -1.63. The summed E-state index contributed by atoms with van der Waals surface area (Å²) in [6.07, 6.45) is 0.875. The zero-order valence-electron chi connectivity index (χ0n) is 30.7. The van der Waals surface area contributed by atoms with Crippen LogP contribution in [0.25, 0.3) is 0 Å². The molecule has 1 aliphatic heterocycles. The molecule has 14 atom stereocenters. The number of ether oxygens (including phenoxy) is 4. The largest absolute Gasteiger partial charge is 0.394 e. The van der Waals surface area contributed by atoms with Crippen LogP contribution in [0.2, 0.25) is 0 Å². The van der Waals surface area contributed by atoms with Crippen molar-refractivity contribution in [3.8, 4) is 0 Å². The van der Waals surface area contributed by atoms with Crippen molar-refractivity contribution in [1.82, 2.24) is 5.32 Å². The van der Waals surface area contributed by atoms with E-state index in [9.17, 15) is 40.5 Å². The van der Waals surface area contributed by atoms with Gasteiger partial charge in [-0.05, 0) is 19.8 Å². The molecule has 51 heavy (non-hydrogen) atoms. The number of carbonyl (C=O) groups excluding carboxylic acids is 1. The second-order valence-electron chi connectivity index (χ2n) is 14.4. The molecule has 0 aromatic rings. The summed E-state index contributed by atoms with van der Waals surface area (Å²) < 4.78 is 23.0. The number of nitrogens with two attached hydrogens (primary N) is 3. The summed E-state index contributed by atoms with van der Waals surface area (Å²) in [7, 11) is 0. The highest BCUT2D eigenvalue weighted by atomic mass is 16.7. The predicted octanol–water partition coefficient (Wildman–Crippen LogP) is -1.01. The molecule has 11 unspecified atom stereocenters. The number of amides is 1. The van der Waals surface area contributed by atoms with E-state index in [4.69, 9.17) is 36.1 Å². The summed E-state index contributed by atoms with van der Waals surface area (Å²) in [5, 5.41) is 75.0. The molecule has 302 valence electrons. The Morgan fingerprint density at radius 1 is 0.824 bits per heavy atom. The van der Waals surface area contributed by atoms with Crippen molar-refractivity contribution in [2.24, 2.45) is 17.2 Å². The zero-order chi connectivity index (χ0) is 37.9. The van der Waals surface area contributed by atoms with Gasteiger partial charge in [0.15, 0.2) is 12.6 Å². The molecular weight excluding hydrogens is 668 g/mol. The van der Waals surface area contributed by atoms with Crippen LogP contribution < -0.4 is 22.5 Å². The van der Waals surface area contributed by atoms with E-state index >= 15 is 0 Å². The number of hydrogen-bond acceptors (Lipinski definition) is 15. The molecule has 2 rings (SSSR count). The summed E-state index contributed by atoms with van der Waals surface area (Å²) in [6, 6.07) is -3.00. The smallest absolute Gasteiger partial charge is 0.220 e. The van der Waals surface area contributed by atoms with Gasteiger partial charge in [0.1, 0.15) is 48.8 Å². The van der Waals surface area contributed by atoms with Gasteiger partial charge in [0.25, 0.3) is 0 Å². The van der Waals surface area contributed by atoms with Crippen LogP contribution in [0.3, 0.4) is 0 Å². The van der Waals surface area contributed by atoms with Crippen molar-refractivity contribution in [2.45, 2.75) is 196 Å². The van der Waals surface area contributed by atoms with Gasteiger partial charge < -0.3 is 77.2 Å². The van der Waals surface area contributed by atoms with E-state index in [0.29, 0.717) is 6.42 Å². The summed E-state index contributed by atoms with van der Waals surface area (Å²) in [4.78, 5) is 12.6. The first-order valence-electron chi connectivity index (χ1n) is 19.1. The van der Waals surface area contributed by atoms with Gasteiger partial charge >= 0.3 is 0 Å². The number of nitrogens with one attached hydrogen (secondary N) is 1. The van der Waals surface area contributed by atoms with Crippen LogP contribution in [0.15, 0.2) is 0 Å². The first-order chi connectivity index (χ1) is 24.4. The molecule has 16 nitrogen and oxygen atoms in total. The van der Waals surface area contributed by atoms with Crippen molar-refractivity contribution in [2.75, 3.05) is 19.8 Å². The van der Waals surface area contributed by atoms with Crippen molar-refractivity contribution in [3.05, 3.63) is 0 Å². The van der Waals surface area contributed by atoms with Crippen LogP contribution in [0.4, 0.5) is 0 Å². The lowest BCUT2D eigenvalue weighted by Gasteiger charge is -2.47. The van der Waals surface area contributed by atoms with Gasteiger partial charge in [-0.1, -0.05) is 84.0 Å². The molecule has 0 spiro atoms. The van der Waals surface area contributed by atoms with Gasteiger partial charge in [0.05, 0.1) is 25.4 Å². The third-order valence-electron chi connectivity index (χ3n) is 9.94. The SMILES string of the molecule is CCCCCCCCCCCCCCCC(=O)NCC(OC(OC1C(N)C[C@H](N)C(OC2OC(CO)C(O)C(N)C2O)C1O)[C@@H](O)CO)[C@H](C)O. The standard InChI is InChI=1S/C35H70N4O12/c1-3-4-5-6-7-8-9-10-11-12-13-14-15-16-27(44)39-18-25(21(2)42)48-34(24(43)19-40)50-32-22(36)17-23(37)33(31(32)47)51-35-30(46)28(38)29(45)26(20-41)49-35/h21-26,28-35,40-43,45-47H,3-20,36-38H2,1-2H3,(H,39,44)/t21-,22?,23-,24-,25?,26?,28?,29?,30?,31?,32?,33?,34?,35?/m0/s1. The Morgan fingerprint density at radius 3 is 1.90 bits per heavy atom. The molecule has 1 amide bonds. The van der Waals surface area contributed by atoms with Crippen molar-refractivity contribution in [3.63, 3.8) is 0 Å². The van der Waals surface area contributed by atoms with Crippen molar-refractivity contribution < 1.29 is 59.5 Å². The molecule has 2 aliphatic rings. The third kappa shape index (κ3) is 15.7. The van der Waals surface area contributed by atoms with E-state index in [1.165, 1.54) is 64.7 Å². The molecule has 0 bridgehead atoms. The lowest BCUT2D eigenvalue weighted by molar-refractivity contribution is -0.316. The first-order valence-corrected chi connectivity index (χ1v) is 19.1. The molecule has 0 radical (unpaired) electrons. The lowest BCUT2D eigenvalue weighted by atomic mass is 9.84. The summed E-state index contributed by atoms with van der Waals surface area (Å²) in [5.41, 5.74) is 18.4. The second-order valence-corrected chi connectivity index (χ2v) is 14.4. The molecule has 1 saturated carbocycles. The van der Waals surface area contributed by atoms with E-state index in [1.807, 2.05) is 0 Å². The van der Waals surface area contributed by atoms with E-state index in [-0.39, 0.29) is 18.9 Å². The van der Waals surface area contributed by atoms with E-state index in [0.717, 1.165) is 25.7 Å². The molecule has 1 aliphatic carbocycles. The Bertz CT molecular complexity index is 924. The minimum Gasteiger partial charge on any atom is -0.394 e. The molecule has 16 heteroatoms. The first kappa shape index (κ1) is 46.1. The average Bonchev–Trinajstić information content (AvgIpc) is 3.10. The Morgan fingerprint density at radius 2 is 1.37 bits per heavy atom. The normalized spacial score (nSPS) is 32.3. The molecule has 1 saturated heterocycles. The Balaban J connectivity index is 1.85.